The van der Waals surface area contributed by atoms with Crippen LogP contribution in [0.25, 0.3) is 0 Å². The molecule has 1 aliphatic rings. The van der Waals surface area contributed by atoms with Crippen molar-refractivity contribution in [1.82, 2.24) is 0 Å². The highest BCUT2D eigenvalue weighted by Crippen LogP contribution is 2.29. The smallest absolute Gasteiger partial charge is 0.302 e. The molecule has 0 saturated carbocycles. The van der Waals surface area contributed by atoms with E-state index in [2.05, 4.69) is 0 Å². The zero-order valence-corrected chi connectivity index (χ0v) is 21.7. The number of carbonyl (C=O) groups is 2. The summed E-state index contributed by atoms with van der Waals surface area (Å²) in [6, 6.07) is 29.1. The van der Waals surface area contributed by atoms with Gasteiger partial charge in [0.1, 0.15) is 18.8 Å². The summed E-state index contributed by atoms with van der Waals surface area (Å²) in [7, 11) is 0. The van der Waals surface area contributed by atoms with Gasteiger partial charge >= 0.3 is 5.97 Å². The minimum absolute atomic E-state index is 0.0128. The molecular formula is C31H33NO6. The van der Waals surface area contributed by atoms with Gasteiger partial charge in [-0.15, -0.1) is 0 Å². The number of esters is 1. The summed E-state index contributed by atoms with van der Waals surface area (Å²) in [4.78, 5) is 25.9. The van der Waals surface area contributed by atoms with E-state index in [9.17, 15) is 9.59 Å². The summed E-state index contributed by atoms with van der Waals surface area (Å²) >= 11 is 0. The molecule has 0 spiro atoms. The van der Waals surface area contributed by atoms with Gasteiger partial charge in [-0.2, -0.15) is 0 Å². The molecule has 1 heterocycles. The highest BCUT2D eigenvalue weighted by molar-refractivity contribution is 5.91. The van der Waals surface area contributed by atoms with E-state index in [0.29, 0.717) is 13.2 Å². The van der Waals surface area contributed by atoms with Crippen molar-refractivity contribution < 1.29 is 28.5 Å². The quantitative estimate of drug-likeness (QED) is 0.333. The molecule has 38 heavy (non-hydrogen) atoms. The van der Waals surface area contributed by atoms with Crippen LogP contribution in [0.15, 0.2) is 103 Å². The van der Waals surface area contributed by atoms with Crippen LogP contribution in [0.1, 0.15) is 25.0 Å². The molecule has 0 radical (unpaired) electrons. The molecule has 1 amide bonds. The van der Waals surface area contributed by atoms with Gasteiger partial charge in [0, 0.05) is 25.1 Å². The molecule has 7 nitrogen and oxygen atoms in total. The van der Waals surface area contributed by atoms with Crippen LogP contribution < -0.4 is 4.90 Å². The maximum absolute atomic E-state index is 12.7. The fraction of sp³-hybridized carbons (Fsp3) is 0.290. The predicted octanol–water partition coefficient (Wildman–Crippen LogP) is 5.06. The van der Waals surface area contributed by atoms with Crippen molar-refractivity contribution in [1.29, 1.82) is 0 Å². The first kappa shape index (κ1) is 27.1. The Morgan fingerprint density at radius 2 is 1.34 bits per heavy atom. The average Bonchev–Trinajstić information content (AvgIpc) is 2.94. The van der Waals surface area contributed by atoms with Crippen molar-refractivity contribution in [3.05, 3.63) is 114 Å². The number of para-hydroxylation sites is 1. The predicted molar refractivity (Wildman–Crippen MR) is 144 cm³/mol. The van der Waals surface area contributed by atoms with Gasteiger partial charge in [0.2, 0.25) is 5.91 Å². The lowest BCUT2D eigenvalue weighted by Gasteiger charge is -2.39. The molecule has 3 aromatic carbocycles. The molecule has 0 bridgehead atoms. The number of amides is 1. The standard InChI is InChI=1S/C31H33NO6/c1-23(33)32(28-16-10-5-11-17-28)18-27-21-36-29(22-35-24(2)34)31(38-20-26-14-8-4-9-15-26)30(27)37-19-25-12-6-3-7-13-25/h3-17,21,29-31H,18-20,22H2,1-2H3/t29-,30-,31-/m1/s1. The fourth-order valence-electron chi connectivity index (χ4n) is 4.28. The van der Waals surface area contributed by atoms with Gasteiger partial charge in [-0.05, 0) is 23.3 Å². The maximum Gasteiger partial charge on any atom is 0.302 e. The summed E-state index contributed by atoms with van der Waals surface area (Å²) in [6.45, 7) is 3.81. The second-order valence-corrected chi connectivity index (χ2v) is 9.09. The summed E-state index contributed by atoms with van der Waals surface area (Å²) in [6.07, 6.45) is -0.123. The molecule has 1 aliphatic heterocycles. The first-order valence-corrected chi connectivity index (χ1v) is 12.6. The molecule has 0 fully saturated rings. The molecule has 0 aliphatic carbocycles. The summed E-state index contributed by atoms with van der Waals surface area (Å²) in [5.74, 6) is -0.513. The highest BCUT2D eigenvalue weighted by atomic mass is 16.6. The number of hydrogen-bond donors (Lipinski definition) is 0. The SMILES string of the molecule is CC(=O)OC[C@H]1OC=C(CN(C(C)=O)c2ccccc2)[C@@H](OCc2ccccc2)[C@@H]1OCc1ccccc1. The number of hydrogen-bond acceptors (Lipinski definition) is 6. The Hall–Kier alpha value is -3.94. The third-order valence-corrected chi connectivity index (χ3v) is 6.22. The summed E-state index contributed by atoms with van der Waals surface area (Å²) in [5.41, 5.74) is 3.51. The van der Waals surface area contributed by atoms with Gasteiger partial charge in [-0.3, -0.25) is 9.59 Å². The van der Waals surface area contributed by atoms with Crippen molar-refractivity contribution in [2.75, 3.05) is 18.1 Å². The Kier molecular flexibility index (Phi) is 9.67. The minimum Gasteiger partial charge on any atom is -0.491 e. The van der Waals surface area contributed by atoms with Gasteiger partial charge in [0.05, 0.1) is 26.0 Å². The maximum atomic E-state index is 12.7. The lowest BCUT2D eigenvalue weighted by Crippen LogP contribution is -2.50. The van der Waals surface area contributed by atoms with Crippen LogP contribution in [-0.2, 0) is 41.8 Å². The second kappa shape index (κ2) is 13.6. The van der Waals surface area contributed by atoms with Crippen molar-refractivity contribution >= 4 is 17.6 Å². The molecule has 3 aromatic rings. The normalized spacial score (nSPS) is 18.7. The van der Waals surface area contributed by atoms with Gasteiger partial charge in [0.25, 0.3) is 0 Å². The lowest BCUT2D eigenvalue weighted by atomic mass is 9.97. The van der Waals surface area contributed by atoms with E-state index in [1.54, 1.807) is 11.2 Å². The van der Waals surface area contributed by atoms with Gasteiger partial charge in [0.15, 0.2) is 6.10 Å². The Bertz CT molecular complexity index is 1200. The van der Waals surface area contributed by atoms with Gasteiger partial charge in [-0.25, -0.2) is 0 Å². The topological polar surface area (TPSA) is 74.3 Å². The van der Waals surface area contributed by atoms with Crippen LogP contribution >= 0.6 is 0 Å². The van der Waals surface area contributed by atoms with Crippen molar-refractivity contribution in [2.24, 2.45) is 0 Å². The molecule has 4 rings (SSSR count). The second-order valence-electron chi connectivity index (χ2n) is 9.09. The Balaban J connectivity index is 1.63. The lowest BCUT2D eigenvalue weighted by molar-refractivity contribution is -0.163. The van der Waals surface area contributed by atoms with Crippen LogP contribution in [0.5, 0.6) is 0 Å². The molecule has 0 saturated heterocycles. The summed E-state index contributed by atoms with van der Waals surface area (Å²) < 4.78 is 24.3. The largest absolute Gasteiger partial charge is 0.491 e. The minimum atomic E-state index is -0.595. The average molecular weight is 516 g/mol. The van der Waals surface area contributed by atoms with Crippen LogP contribution in [0, 0.1) is 0 Å². The molecule has 7 heteroatoms. The van der Waals surface area contributed by atoms with Crippen LogP contribution in [0.4, 0.5) is 5.69 Å². The molecule has 0 aromatic heterocycles. The Labute approximate surface area is 223 Å². The van der Waals surface area contributed by atoms with Crippen molar-refractivity contribution in [3.8, 4) is 0 Å². The van der Waals surface area contributed by atoms with E-state index in [4.69, 9.17) is 18.9 Å². The number of carbonyl (C=O) groups excluding carboxylic acids is 2. The van der Waals surface area contributed by atoms with Gasteiger partial charge in [-0.1, -0.05) is 78.9 Å². The number of anilines is 1. The zero-order chi connectivity index (χ0) is 26.7. The monoisotopic (exact) mass is 515 g/mol. The Morgan fingerprint density at radius 1 is 0.789 bits per heavy atom. The van der Waals surface area contributed by atoms with Crippen LogP contribution in [0.3, 0.4) is 0 Å². The third kappa shape index (κ3) is 7.54. The van der Waals surface area contributed by atoms with Gasteiger partial charge < -0.3 is 23.8 Å². The molecule has 198 valence electrons. The highest BCUT2D eigenvalue weighted by Gasteiger charge is 2.40. The number of rotatable bonds is 11. The van der Waals surface area contributed by atoms with E-state index in [-0.39, 0.29) is 19.1 Å². The van der Waals surface area contributed by atoms with E-state index in [1.165, 1.54) is 13.8 Å². The first-order chi connectivity index (χ1) is 18.5. The molecule has 0 unspecified atom stereocenters. The molecule has 0 N–H and O–H groups in total. The first-order valence-electron chi connectivity index (χ1n) is 12.6. The van der Waals surface area contributed by atoms with Crippen molar-refractivity contribution in [3.63, 3.8) is 0 Å². The van der Waals surface area contributed by atoms with E-state index in [0.717, 1.165) is 22.4 Å². The van der Waals surface area contributed by atoms with Crippen LogP contribution in [-0.4, -0.2) is 43.3 Å². The molecular weight excluding hydrogens is 482 g/mol. The summed E-state index contributed by atoms with van der Waals surface area (Å²) in [5, 5.41) is 0. The number of ether oxygens (including phenoxy) is 4. The van der Waals surface area contributed by atoms with Crippen molar-refractivity contribution in [2.45, 2.75) is 45.4 Å². The third-order valence-electron chi connectivity index (χ3n) is 6.22. The van der Waals surface area contributed by atoms with E-state index in [1.807, 2.05) is 91.0 Å². The zero-order valence-electron chi connectivity index (χ0n) is 21.7. The fourth-order valence-corrected chi connectivity index (χ4v) is 4.28. The molecule has 3 atom stereocenters. The Morgan fingerprint density at radius 3 is 1.89 bits per heavy atom. The van der Waals surface area contributed by atoms with E-state index < -0.39 is 24.3 Å². The van der Waals surface area contributed by atoms with E-state index >= 15 is 0 Å². The number of benzene rings is 3. The number of nitrogens with zero attached hydrogens (tertiary/aromatic N) is 1. The van der Waals surface area contributed by atoms with Crippen LogP contribution in [0.2, 0.25) is 0 Å².